The van der Waals surface area contributed by atoms with Gasteiger partial charge < -0.3 is 10.1 Å². The van der Waals surface area contributed by atoms with Crippen LogP contribution in [0.15, 0.2) is 0 Å². The Morgan fingerprint density at radius 2 is 1.94 bits per heavy atom. The monoisotopic (exact) mass is 262 g/mol. The van der Waals surface area contributed by atoms with Crippen molar-refractivity contribution in [1.29, 1.82) is 0 Å². The number of esters is 1. The van der Waals surface area contributed by atoms with Gasteiger partial charge in [0.2, 0.25) is 10.0 Å². The second-order valence-corrected chi connectivity index (χ2v) is 6.53. The first-order valence-corrected chi connectivity index (χ1v) is 7.48. The quantitative estimate of drug-likeness (QED) is 0.660. The number of nitrogens with one attached hydrogen (secondary N) is 1. The highest BCUT2D eigenvalue weighted by molar-refractivity contribution is 7.89. The summed E-state index contributed by atoms with van der Waals surface area (Å²) in [6.07, 6.45) is 0. The van der Waals surface area contributed by atoms with Crippen LogP contribution in [-0.2, 0) is 19.6 Å². The molecule has 2 rings (SSSR count). The summed E-state index contributed by atoms with van der Waals surface area (Å²) in [7, 11) is -3.49. The summed E-state index contributed by atoms with van der Waals surface area (Å²) in [5.41, 5.74) is 0. The van der Waals surface area contributed by atoms with Crippen molar-refractivity contribution in [1.82, 2.24) is 9.62 Å². The van der Waals surface area contributed by atoms with Gasteiger partial charge in [-0.15, -0.1) is 0 Å². The minimum absolute atomic E-state index is 0.212. The largest absolute Gasteiger partial charge is 0.465 e. The minimum Gasteiger partial charge on any atom is -0.465 e. The van der Waals surface area contributed by atoms with Gasteiger partial charge in [-0.1, -0.05) is 0 Å². The predicted molar refractivity (Wildman–Crippen MR) is 61.8 cm³/mol. The molecule has 2 heterocycles. The van der Waals surface area contributed by atoms with Crippen LogP contribution in [0.5, 0.6) is 0 Å². The number of hydrogen-bond acceptors (Lipinski definition) is 5. The third-order valence-electron chi connectivity index (χ3n) is 3.35. The van der Waals surface area contributed by atoms with E-state index in [1.54, 1.807) is 6.92 Å². The first kappa shape index (κ1) is 12.8. The summed E-state index contributed by atoms with van der Waals surface area (Å²) < 4.78 is 30.0. The van der Waals surface area contributed by atoms with E-state index in [-0.39, 0.29) is 6.61 Å². The van der Waals surface area contributed by atoms with E-state index in [4.69, 9.17) is 0 Å². The number of rotatable bonds is 4. The molecule has 0 aromatic heterocycles. The van der Waals surface area contributed by atoms with Crippen molar-refractivity contribution in [2.75, 3.05) is 38.5 Å². The molecule has 2 fully saturated rings. The first-order valence-electron chi connectivity index (χ1n) is 5.87. The lowest BCUT2D eigenvalue weighted by atomic mass is 10.0. The van der Waals surface area contributed by atoms with Gasteiger partial charge in [0.15, 0.2) is 5.75 Å². The van der Waals surface area contributed by atoms with Crippen LogP contribution in [0.25, 0.3) is 0 Å². The van der Waals surface area contributed by atoms with E-state index in [2.05, 4.69) is 10.1 Å². The average molecular weight is 262 g/mol. The molecule has 0 aliphatic carbocycles. The van der Waals surface area contributed by atoms with Gasteiger partial charge in [-0.3, -0.25) is 4.79 Å². The highest BCUT2D eigenvalue weighted by Crippen LogP contribution is 2.28. The molecule has 98 valence electrons. The molecule has 7 heteroatoms. The van der Waals surface area contributed by atoms with Gasteiger partial charge in [-0.25, -0.2) is 12.7 Å². The average Bonchev–Trinajstić information content (AvgIpc) is 2.75. The molecule has 0 spiro atoms. The van der Waals surface area contributed by atoms with E-state index in [0.717, 1.165) is 13.1 Å². The van der Waals surface area contributed by atoms with Gasteiger partial charge in [0, 0.05) is 13.1 Å². The van der Waals surface area contributed by atoms with E-state index in [1.165, 1.54) is 4.31 Å². The number of ether oxygens (including phenoxy) is 1. The van der Waals surface area contributed by atoms with E-state index >= 15 is 0 Å². The molecule has 0 aromatic rings. The fourth-order valence-electron chi connectivity index (χ4n) is 2.48. The number of nitrogens with zero attached hydrogens (tertiary/aromatic N) is 1. The number of carbonyl (C=O) groups is 1. The van der Waals surface area contributed by atoms with Gasteiger partial charge in [-0.05, 0) is 31.8 Å². The predicted octanol–water partition coefficient (Wildman–Crippen LogP) is -0.969. The number of sulfonamides is 1. The highest BCUT2D eigenvalue weighted by Gasteiger charge is 2.41. The van der Waals surface area contributed by atoms with E-state index in [9.17, 15) is 13.2 Å². The molecule has 0 bridgehead atoms. The van der Waals surface area contributed by atoms with Gasteiger partial charge in [-0.2, -0.15) is 0 Å². The Bertz CT molecular complexity index is 383. The van der Waals surface area contributed by atoms with Gasteiger partial charge in [0.05, 0.1) is 6.61 Å². The van der Waals surface area contributed by atoms with Crippen molar-refractivity contribution in [2.24, 2.45) is 11.8 Å². The Morgan fingerprint density at radius 1 is 1.35 bits per heavy atom. The second-order valence-electron chi connectivity index (χ2n) is 4.56. The third-order valence-corrected chi connectivity index (χ3v) is 5.04. The lowest BCUT2D eigenvalue weighted by molar-refractivity contribution is -0.140. The SMILES string of the molecule is CCOC(=O)CS(=O)(=O)N1CC2CNCC2C1. The Morgan fingerprint density at radius 3 is 2.47 bits per heavy atom. The number of hydrogen-bond donors (Lipinski definition) is 1. The molecule has 1 N–H and O–H groups in total. The maximum atomic E-state index is 12.0. The van der Waals surface area contributed by atoms with Gasteiger partial charge in [0.1, 0.15) is 0 Å². The fraction of sp³-hybridized carbons (Fsp3) is 0.900. The van der Waals surface area contributed by atoms with Crippen LogP contribution < -0.4 is 5.32 Å². The Kier molecular flexibility index (Phi) is 3.70. The van der Waals surface area contributed by atoms with Gasteiger partial charge >= 0.3 is 5.97 Å². The molecule has 2 saturated heterocycles. The highest BCUT2D eigenvalue weighted by atomic mass is 32.2. The molecule has 0 amide bonds. The molecule has 2 unspecified atom stereocenters. The smallest absolute Gasteiger partial charge is 0.322 e. The fourth-order valence-corrected chi connectivity index (χ4v) is 3.88. The van der Waals surface area contributed by atoms with Crippen LogP contribution in [0, 0.1) is 11.8 Å². The van der Waals surface area contributed by atoms with E-state index < -0.39 is 21.7 Å². The third kappa shape index (κ3) is 2.78. The zero-order valence-electron chi connectivity index (χ0n) is 9.89. The molecular weight excluding hydrogens is 244 g/mol. The van der Waals surface area contributed by atoms with Crippen molar-refractivity contribution >= 4 is 16.0 Å². The van der Waals surface area contributed by atoms with Crippen LogP contribution in [-0.4, -0.2) is 57.2 Å². The first-order chi connectivity index (χ1) is 8.03. The molecular formula is C10H18N2O4S. The molecule has 2 aliphatic heterocycles. The summed E-state index contributed by atoms with van der Waals surface area (Å²) in [6, 6.07) is 0. The standard InChI is InChI=1S/C10H18N2O4S/c1-2-16-10(13)7-17(14,15)12-5-8-3-11-4-9(8)6-12/h8-9,11H,2-7H2,1H3. The molecule has 0 radical (unpaired) electrons. The summed E-state index contributed by atoms with van der Waals surface area (Å²) >= 11 is 0. The van der Waals surface area contributed by atoms with Crippen molar-refractivity contribution in [3.05, 3.63) is 0 Å². The van der Waals surface area contributed by atoms with Crippen molar-refractivity contribution < 1.29 is 17.9 Å². The van der Waals surface area contributed by atoms with E-state index in [0.29, 0.717) is 24.9 Å². The number of fused-ring (bicyclic) bond motifs is 1. The van der Waals surface area contributed by atoms with Crippen LogP contribution >= 0.6 is 0 Å². The topological polar surface area (TPSA) is 75.7 Å². The summed E-state index contributed by atoms with van der Waals surface area (Å²) in [4.78, 5) is 11.2. The van der Waals surface area contributed by atoms with Crippen LogP contribution in [0.4, 0.5) is 0 Å². The summed E-state index contributed by atoms with van der Waals surface area (Å²) in [5.74, 6) is -0.408. The lowest BCUT2D eigenvalue weighted by Gasteiger charge is -2.16. The Balaban J connectivity index is 1.95. The zero-order valence-corrected chi connectivity index (χ0v) is 10.7. The number of carbonyl (C=O) groups excluding carboxylic acids is 1. The maximum absolute atomic E-state index is 12.0. The molecule has 17 heavy (non-hydrogen) atoms. The normalized spacial score (nSPS) is 29.2. The van der Waals surface area contributed by atoms with Crippen LogP contribution in [0.1, 0.15) is 6.92 Å². The van der Waals surface area contributed by atoms with Crippen molar-refractivity contribution in [2.45, 2.75) is 6.92 Å². The minimum atomic E-state index is -3.49. The Hall–Kier alpha value is -0.660. The van der Waals surface area contributed by atoms with Crippen molar-refractivity contribution in [3.63, 3.8) is 0 Å². The van der Waals surface area contributed by atoms with Crippen LogP contribution in [0.3, 0.4) is 0 Å². The van der Waals surface area contributed by atoms with Crippen molar-refractivity contribution in [3.8, 4) is 0 Å². The second kappa shape index (κ2) is 4.91. The van der Waals surface area contributed by atoms with Gasteiger partial charge in [0.25, 0.3) is 0 Å². The molecule has 0 aromatic carbocycles. The van der Waals surface area contributed by atoms with E-state index in [1.807, 2.05) is 0 Å². The zero-order chi connectivity index (χ0) is 12.5. The lowest BCUT2D eigenvalue weighted by Crippen LogP contribution is -2.36. The molecule has 0 saturated carbocycles. The molecule has 6 nitrogen and oxygen atoms in total. The Labute approximate surface area is 101 Å². The van der Waals surface area contributed by atoms with Crippen LogP contribution in [0.2, 0.25) is 0 Å². The summed E-state index contributed by atoms with van der Waals surface area (Å²) in [6.45, 7) is 4.67. The molecule has 2 aliphatic rings. The molecule has 2 atom stereocenters. The summed E-state index contributed by atoms with van der Waals surface area (Å²) in [5, 5.41) is 3.24. The maximum Gasteiger partial charge on any atom is 0.322 e.